The van der Waals surface area contributed by atoms with E-state index in [0.29, 0.717) is 28.1 Å². The first-order valence-electron chi connectivity index (χ1n) is 8.01. The summed E-state index contributed by atoms with van der Waals surface area (Å²) in [5.74, 6) is 0.427. The summed E-state index contributed by atoms with van der Waals surface area (Å²) in [5, 5.41) is 3.73. The van der Waals surface area contributed by atoms with Crippen molar-refractivity contribution in [3.63, 3.8) is 0 Å². The molecule has 6 nitrogen and oxygen atoms in total. The van der Waals surface area contributed by atoms with Crippen molar-refractivity contribution in [3.05, 3.63) is 29.8 Å². The first-order valence-corrected chi connectivity index (χ1v) is 8.01. The smallest absolute Gasteiger partial charge is 0.270 e. The Labute approximate surface area is 133 Å². The van der Waals surface area contributed by atoms with Gasteiger partial charge in [0.2, 0.25) is 0 Å². The average molecular weight is 313 g/mol. The van der Waals surface area contributed by atoms with E-state index >= 15 is 0 Å². The van der Waals surface area contributed by atoms with E-state index in [1.165, 1.54) is 25.8 Å². The molecule has 4 rings (SSSR count). The molecule has 1 N–H and O–H groups in total. The minimum Gasteiger partial charge on any atom is -0.462 e. The van der Waals surface area contributed by atoms with Crippen LogP contribution in [0.3, 0.4) is 0 Å². The van der Waals surface area contributed by atoms with Crippen molar-refractivity contribution >= 4 is 22.7 Å². The molecule has 0 radical (unpaired) electrons. The first kappa shape index (κ1) is 14.4. The van der Waals surface area contributed by atoms with Crippen LogP contribution in [0.1, 0.15) is 40.6 Å². The average Bonchev–Trinajstić information content (AvgIpc) is 3.09. The standard InChI is InChI=1S/C17H19N3O3/c1-10(21)14-9-23-16-6-18-15(5-13(14)16)17(22)19-12-4-11-2-3-20(7-11)8-12/h5-6,9,11-12H,2-4,7-8H2,1H3,(H,19,22)/t11-,12+/m0/s1. The summed E-state index contributed by atoms with van der Waals surface area (Å²) in [7, 11) is 0. The number of aromatic nitrogens is 1. The molecule has 2 aliphatic rings. The molecule has 0 saturated carbocycles. The van der Waals surface area contributed by atoms with Gasteiger partial charge < -0.3 is 14.6 Å². The number of Topliss-reactive ketones (excluding diaryl/α,β-unsaturated/α-hetero) is 1. The van der Waals surface area contributed by atoms with Gasteiger partial charge in [0.05, 0.1) is 11.8 Å². The summed E-state index contributed by atoms with van der Waals surface area (Å²) in [4.78, 5) is 30.7. The topological polar surface area (TPSA) is 75.4 Å². The molecule has 0 spiro atoms. The fraction of sp³-hybridized carbons (Fsp3) is 0.471. The lowest BCUT2D eigenvalue weighted by molar-refractivity contribution is 0.0903. The Morgan fingerprint density at radius 1 is 1.39 bits per heavy atom. The highest BCUT2D eigenvalue weighted by atomic mass is 16.3. The molecule has 23 heavy (non-hydrogen) atoms. The van der Waals surface area contributed by atoms with E-state index in [1.807, 2.05) is 0 Å². The van der Waals surface area contributed by atoms with Gasteiger partial charge in [-0.25, -0.2) is 4.98 Å². The fourth-order valence-electron chi connectivity index (χ4n) is 3.75. The molecule has 1 unspecified atom stereocenters. The van der Waals surface area contributed by atoms with Crippen LogP contribution in [0.15, 0.2) is 22.9 Å². The molecule has 2 fully saturated rings. The number of furan rings is 1. The van der Waals surface area contributed by atoms with Crippen molar-refractivity contribution in [3.8, 4) is 0 Å². The van der Waals surface area contributed by atoms with E-state index in [2.05, 4.69) is 15.2 Å². The summed E-state index contributed by atoms with van der Waals surface area (Å²) in [5.41, 5.74) is 1.33. The maximum atomic E-state index is 12.5. The van der Waals surface area contributed by atoms with Crippen LogP contribution in [0, 0.1) is 5.92 Å². The van der Waals surface area contributed by atoms with Gasteiger partial charge in [0.15, 0.2) is 11.4 Å². The van der Waals surface area contributed by atoms with Crippen molar-refractivity contribution in [1.82, 2.24) is 15.2 Å². The number of amides is 1. The molecule has 4 heterocycles. The number of carbonyl (C=O) groups excluding carboxylic acids is 2. The van der Waals surface area contributed by atoms with E-state index in [9.17, 15) is 9.59 Å². The summed E-state index contributed by atoms with van der Waals surface area (Å²) < 4.78 is 5.31. The molecule has 0 aromatic carbocycles. The van der Waals surface area contributed by atoms with Crippen LogP contribution in [0.25, 0.3) is 11.0 Å². The monoisotopic (exact) mass is 313 g/mol. The second-order valence-electron chi connectivity index (χ2n) is 6.59. The summed E-state index contributed by atoms with van der Waals surface area (Å²) >= 11 is 0. The Kier molecular flexibility index (Phi) is 3.41. The SMILES string of the molecule is CC(=O)c1coc2cnc(C(=O)N[C@@H]3C[C@@H]4CCN(C4)C3)cc12. The van der Waals surface area contributed by atoms with Crippen molar-refractivity contribution in [2.75, 3.05) is 19.6 Å². The second-order valence-corrected chi connectivity index (χ2v) is 6.59. The molecule has 6 heteroatoms. The van der Waals surface area contributed by atoms with Crippen LogP contribution in [0.2, 0.25) is 0 Å². The molecule has 2 aromatic rings. The van der Waals surface area contributed by atoms with Gasteiger partial charge in [-0.15, -0.1) is 0 Å². The van der Waals surface area contributed by atoms with Crippen molar-refractivity contribution in [2.24, 2.45) is 5.92 Å². The first-order chi connectivity index (χ1) is 11.1. The zero-order valence-electron chi connectivity index (χ0n) is 13.0. The van der Waals surface area contributed by atoms with Crippen LogP contribution in [0.4, 0.5) is 0 Å². The molecular formula is C17H19N3O3. The lowest BCUT2D eigenvalue weighted by atomic mass is 9.97. The lowest BCUT2D eigenvalue weighted by Crippen LogP contribution is -2.47. The third-order valence-electron chi connectivity index (χ3n) is 4.87. The largest absolute Gasteiger partial charge is 0.462 e. The van der Waals surface area contributed by atoms with Gasteiger partial charge >= 0.3 is 0 Å². The van der Waals surface area contributed by atoms with Gasteiger partial charge in [0.1, 0.15) is 12.0 Å². The normalized spacial score (nSPS) is 26.4. The number of pyridine rings is 1. The third-order valence-corrected chi connectivity index (χ3v) is 4.87. The van der Waals surface area contributed by atoms with Crippen molar-refractivity contribution < 1.29 is 14.0 Å². The highest BCUT2D eigenvalue weighted by Gasteiger charge is 2.33. The molecule has 0 aliphatic carbocycles. The molecule has 1 amide bonds. The van der Waals surface area contributed by atoms with Crippen LogP contribution < -0.4 is 5.32 Å². The molecule has 2 aliphatic heterocycles. The number of fused-ring (bicyclic) bond motifs is 3. The van der Waals surface area contributed by atoms with Crippen LogP contribution in [-0.4, -0.2) is 47.3 Å². The van der Waals surface area contributed by atoms with Crippen LogP contribution in [0.5, 0.6) is 0 Å². The van der Waals surface area contributed by atoms with Gasteiger partial charge in [-0.1, -0.05) is 0 Å². The van der Waals surface area contributed by atoms with E-state index in [4.69, 9.17) is 4.42 Å². The molecule has 2 saturated heterocycles. The van der Waals surface area contributed by atoms with Gasteiger partial charge in [-0.05, 0) is 38.3 Å². The number of rotatable bonds is 3. The summed E-state index contributed by atoms with van der Waals surface area (Å²) in [6, 6.07) is 1.82. The minimum absolute atomic E-state index is 0.0852. The molecule has 2 bridgehead atoms. The summed E-state index contributed by atoms with van der Waals surface area (Å²) in [6.45, 7) is 4.69. The van der Waals surface area contributed by atoms with Crippen LogP contribution >= 0.6 is 0 Å². The number of ketones is 1. The fourth-order valence-corrected chi connectivity index (χ4v) is 3.75. The van der Waals surface area contributed by atoms with Crippen molar-refractivity contribution in [1.29, 1.82) is 0 Å². The predicted octanol–water partition coefficient (Wildman–Crippen LogP) is 1.85. The van der Waals surface area contributed by atoms with E-state index in [0.717, 1.165) is 26.1 Å². The summed E-state index contributed by atoms with van der Waals surface area (Å²) in [6.07, 6.45) is 5.19. The Balaban J connectivity index is 1.55. The predicted molar refractivity (Wildman–Crippen MR) is 84.4 cm³/mol. The maximum Gasteiger partial charge on any atom is 0.270 e. The van der Waals surface area contributed by atoms with Gasteiger partial charge in [0.25, 0.3) is 5.91 Å². The third kappa shape index (κ3) is 2.63. The zero-order chi connectivity index (χ0) is 16.0. The van der Waals surface area contributed by atoms with Crippen LogP contribution in [-0.2, 0) is 0 Å². The molecule has 120 valence electrons. The number of nitrogens with one attached hydrogen (secondary N) is 1. The van der Waals surface area contributed by atoms with E-state index in [1.54, 1.807) is 6.07 Å². The number of hydrogen-bond acceptors (Lipinski definition) is 5. The highest BCUT2D eigenvalue weighted by molar-refractivity contribution is 6.07. The molecule has 3 atom stereocenters. The molecular weight excluding hydrogens is 294 g/mol. The highest BCUT2D eigenvalue weighted by Crippen LogP contribution is 2.27. The Hall–Kier alpha value is -2.21. The maximum absolute atomic E-state index is 12.5. The van der Waals surface area contributed by atoms with E-state index < -0.39 is 0 Å². The van der Waals surface area contributed by atoms with Gasteiger partial charge in [-0.3, -0.25) is 9.59 Å². The van der Waals surface area contributed by atoms with Crippen molar-refractivity contribution in [2.45, 2.75) is 25.8 Å². The minimum atomic E-state index is -0.185. The zero-order valence-corrected chi connectivity index (χ0v) is 13.0. The Bertz CT molecular complexity index is 770. The Morgan fingerprint density at radius 2 is 2.26 bits per heavy atom. The van der Waals surface area contributed by atoms with Gasteiger partial charge in [-0.2, -0.15) is 0 Å². The second kappa shape index (κ2) is 5.45. The number of hydrogen-bond donors (Lipinski definition) is 1. The Morgan fingerprint density at radius 3 is 3.04 bits per heavy atom. The van der Waals surface area contributed by atoms with Gasteiger partial charge in [0, 0.05) is 24.5 Å². The number of nitrogens with zero attached hydrogens (tertiary/aromatic N) is 2. The van der Waals surface area contributed by atoms with E-state index in [-0.39, 0.29) is 17.7 Å². The number of piperidine rings is 1. The lowest BCUT2D eigenvalue weighted by Gasteiger charge is -2.30. The quantitative estimate of drug-likeness (QED) is 0.875. The number of carbonyl (C=O) groups is 2. The molecule has 2 aromatic heterocycles.